The lowest BCUT2D eigenvalue weighted by Gasteiger charge is -2.07. The Morgan fingerprint density at radius 2 is 1.95 bits per heavy atom. The van der Waals surface area contributed by atoms with Crippen molar-refractivity contribution in [3.8, 4) is 0 Å². The average molecular weight is 289 g/mol. The van der Waals surface area contributed by atoms with Crippen molar-refractivity contribution >= 4 is 29.1 Å². The van der Waals surface area contributed by atoms with Gasteiger partial charge in [0.25, 0.3) is 0 Å². The van der Waals surface area contributed by atoms with Crippen molar-refractivity contribution in [2.24, 2.45) is 0 Å². The Bertz CT molecular complexity index is 609. The summed E-state index contributed by atoms with van der Waals surface area (Å²) < 4.78 is 0. The number of fused-ring (bicyclic) bond motifs is 1. The minimum absolute atomic E-state index is 0.0358. The molecular formula is C16H13ClOS. The highest BCUT2D eigenvalue weighted by molar-refractivity contribution is 7.99. The standard InChI is InChI=1S/C16H13ClOS/c17-13-6-7-14-12(8-13)9-15(16(14)18)19-10-11-4-2-1-3-5-11/h1-8,15H,9-10H2. The van der Waals surface area contributed by atoms with Gasteiger partial charge in [-0.3, -0.25) is 4.79 Å². The van der Waals surface area contributed by atoms with Gasteiger partial charge in [0.1, 0.15) is 0 Å². The zero-order chi connectivity index (χ0) is 13.2. The van der Waals surface area contributed by atoms with Crippen LogP contribution in [0.3, 0.4) is 0 Å². The lowest BCUT2D eigenvalue weighted by molar-refractivity contribution is 0.100. The number of hydrogen-bond acceptors (Lipinski definition) is 2. The van der Waals surface area contributed by atoms with Crippen LogP contribution in [0.2, 0.25) is 5.02 Å². The number of Topliss-reactive ketones (excluding diaryl/α,β-unsaturated/α-hetero) is 1. The molecule has 0 aliphatic heterocycles. The van der Waals surface area contributed by atoms with Gasteiger partial charge >= 0.3 is 0 Å². The molecule has 1 atom stereocenters. The highest BCUT2D eigenvalue weighted by Crippen LogP contribution is 2.33. The van der Waals surface area contributed by atoms with E-state index in [0.29, 0.717) is 5.02 Å². The highest BCUT2D eigenvalue weighted by Gasteiger charge is 2.30. The van der Waals surface area contributed by atoms with Crippen molar-refractivity contribution in [1.82, 2.24) is 0 Å². The van der Waals surface area contributed by atoms with Crippen LogP contribution in [0.5, 0.6) is 0 Å². The summed E-state index contributed by atoms with van der Waals surface area (Å²) in [5, 5.41) is 0.744. The predicted octanol–water partition coefficient (Wildman–Crippen LogP) is 4.38. The average Bonchev–Trinajstić information content (AvgIpc) is 2.74. The first kappa shape index (κ1) is 12.8. The lowest BCUT2D eigenvalue weighted by Crippen LogP contribution is -2.11. The normalized spacial score (nSPS) is 17.5. The van der Waals surface area contributed by atoms with Crippen molar-refractivity contribution in [1.29, 1.82) is 0 Å². The molecule has 1 nitrogen and oxygen atoms in total. The van der Waals surface area contributed by atoms with Crippen LogP contribution in [0.4, 0.5) is 0 Å². The van der Waals surface area contributed by atoms with Crippen LogP contribution >= 0.6 is 23.4 Å². The molecule has 19 heavy (non-hydrogen) atoms. The Hall–Kier alpha value is -1.25. The van der Waals surface area contributed by atoms with E-state index in [1.165, 1.54) is 5.56 Å². The number of rotatable bonds is 3. The molecule has 96 valence electrons. The molecule has 1 aliphatic rings. The molecule has 0 heterocycles. The molecule has 1 unspecified atom stereocenters. The summed E-state index contributed by atoms with van der Waals surface area (Å²) in [7, 11) is 0. The van der Waals surface area contributed by atoms with E-state index in [1.807, 2.05) is 30.3 Å². The van der Waals surface area contributed by atoms with Crippen molar-refractivity contribution in [2.45, 2.75) is 17.4 Å². The van der Waals surface area contributed by atoms with Gasteiger partial charge in [0.2, 0.25) is 0 Å². The second-order valence-corrected chi connectivity index (χ2v) is 6.28. The van der Waals surface area contributed by atoms with E-state index in [-0.39, 0.29) is 11.0 Å². The Morgan fingerprint density at radius 3 is 2.74 bits per heavy atom. The third kappa shape index (κ3) is 2.70. The van der Waals surface area contributed by atoms with Gasteiger partial charge in [-0.1, -0.05) is 41.9 Å². The molecule has 0 N–H and O–H groups in total. The van der Waals surface area contributed by atoms with Crippen molar-refractivity contribution in [2.75, 3.05) is 0 Å². The van der Waals surface area contributed by atoms with Gasteiger partial charge < -0.3 is 0 Å². The first-order valence-corrected chi connectivity index (χ1v) is 7.65. The van der Waals surface area contributed by atoms with Gasteiger partial charge in [-0.2, -0.15) is 0 Å². The van der Waals surface area contributed by atoms with Gasteiger partial charge in [-0.25, -0.2) is 0 Å². The van der Waals surface area contributed by atoms with Crippen LogP contribution in [0.15, 0.2) is 48.5 Å². The zero-order valence-corrected chi connectivity index (χ0v) is 11.9. The van der Waals surface area contributed by atoms with Crippen LogP contribution in [0.1, 0.15) is 21.5 Å². The minimum atomic E-state index is 0.0358. The van der Waals surface area contributed by atoms with E-state index in [2.05, 4.69) is 12.1 Å². The third-order valence-electron chi connectivity index (χ3n) is 3.32. The molecular weight excluding hydrogens is 276 g/mol. The number of carbonyl (C=O) groups excluding carboxylic acids is 1. The fourth-order valence-corrected chi connectivity index (χ4v) is 3.70. The molecule has 0 spiro atoms. The molecule has 0 radical (unpaired) electrons. The van der Waals surface area contributed by atoms with Gasteiger partial charge in [-0.05, 0) is 35.7 Å². The number of benzene rings is 2. The molecule has 0 saturated heterocycles. The summed E-state index contributed by atoms with van der Waals surface area (Å²) in [4.78, 5) is 12.3. The summed E-state index contributed by atoms with van der Waals surface area (Å²) in [5.41, 5.74) is 3.19. The fourth-order valence-electron chi connectivity index (χ4n) is 2.34. The fraction of sp³-hybridized carbons (Fsp3) is 0.188. The first-order chi connectivity index (χ1) is 9.24. The molecule has 0 bridgehead atoms. The smallest absolute Gasteiger partial charge is 0.176 e. The predicted molar refractivity (Wildman–Crippen MR) is 81.0 cm³/mol. The van der Waals surface area contributed by atoms with E-state index >= 15 is 0 Å². The van der Waals surface area contributed by atoms with Crippen molar-refractivity contribution < 1.29 is 4.79 Å². The molecule has 0 saturated carbocycles. The Kier molecular flexibility index (Phi) is 3.63. The highest BCUT2D eigenvalue weighted by atomic mass is 35.5. The summed E-state index contributed by atoms with van der Waals surface area (Å²) >= 11 is 7.69. The van der Waals surface area contributed by atoms with Gasteiger partial charge in [0, 0.05) is 16.3 Å². The zero-order valence-electron chi connectivity index (χ0n) is 10.3. The summed E-state index contributed by atoms with van der Waals surface area (Å²) in [6.45, 7) is 0. The van der Waals surface area contributed by atoms with E-state index in [4.69, 9.17) is 11.6 Å². The van der Waals surface area contributed by atoms with E-state index < -0.39 is 0 Å². The summed E-state index contributed by atoms with van der Waals surface area (Å²) in [6.07, 6.45) is 0.798. The van der Waals surface area contributed by atoms with Gasteiger partial charge in [0.15, 0.2) is 5.78 Å². The van der Waals surface area contributed by atoms with Crippen LogP contribution in [-0.2, 0) is 12.2 Å². The quantitative estimate of drug-likeness (QED) is 0.834. The topological polar surface area (TPSA) is 17.1 Å². The second kappa shape index (κ2) is 5.40. The monoisotopic (exact) mass is 288 g/mol. The number of carbonyl (C=O) groups is 1. The molecule has 3 rings (SSSR count). The van der Waals surface area contributed by atoms with Crippen molar-refractivity contribution in [3.63, 3.8) is 0 Å². The van der Waals surface area contributed by atoms with Crippen LogP contribution < -0.4 is 0 Å². The maximum absolute atomic E-state index is 12.3. The number of hydrogen-bond donors (Lipinski definition) is 0. The maximum Gasteiger partial charge on any atom is 0.176 e. The molecule has 3 heteroatoms. The number of thioether (sulfide) groups is 1. The minimum Gasteiger partial charge on any atom is -0.293 e. The second-order valence-electron chi connectivity index (χ2n) is 4.66. The number of ketones is 1. The molecule has 0 amide bonds. The van der Waals surface area contributed by atoms with E-state index in [9.17, 15) is 4.79 Å². The molecule has 0 fully saturated rings. The van der Waals surface area contributed by atoms with Crippen LogP contribution in [0, 0.1) is 0 Å². The van der Waals surface area contributed by atoms with Crippen LogP contribution in [0.25, 0.3) is 0 Å². The lowest BCUT2D eigenvalue weighted by atomic mass is 10.1. The SMILES string of the molecule is O=C1c2ccc(Cl)cc2CC1SCc1ccccc1. The van der Waals surface area contributed by atoms with E-state index in [1.54, 1.807) is 17.8 Å². The number of halogens is 1. The molecule has 0 aromatic heterocycles. The van der Waals surface area contributed by atoms with Gasteiger partial charge in [-0.15, -0.1) is 11.8 Å². The Morgan fingerprint density at radius 1 is 1.16 bits per heavy atom. The maximum atomic E-state index is 12.3. The molecule has 2 aromatic carbocycles. The largest absolute Gasteiger partial charge is 0.293 e. The Balaban J connectivity index is 1.70. The van der Waals surface area contributed by atoms with Crippen LogP contribution in [-0.4, -0.2) is 11.0 Å². The van der Waals surface area contributed by atoms with Gasteiger partial charge in [0.05, 0.1) is 5.25 Å². The van der Waals surface area contributed by atoms with E-state index in [0.717, 1.165) is 23.3 Å². The summed E-state index contributed by atoms with van der Waals surface area (Å²) in [6, 6.07) is 15.8. The molecule has 1 aliphatic carbocycles. The Labute approximate surface area is 122 Å². The summed E-state index contributed by atoms with van der Waals surface area (Å²) in [5.74, 6) is 1.12. The molecule has 2 aromatic rings. The third-order valence-corrected chi connectivity index (χ3v) is 4.84. The van der Waals surface area contributed by atoms with Crippen molar-refractivity contribution in [3.05, 3.63) is 70.2 Å². The first-order valence-electron chi connectivity index (χ1n) is 6.22.